The van der Waals surface area contributed by atoms with Gasteiger partial charge in [-0.05, 0) is 30.3 Å². The molecule has 8 nitrogen and oxygen atoms in total. The Bertz CT molecular complexity index is 1010. The number of carbonyl (C=O) groups is 2. The number of hydrogen-bond donors (Lipinski definition) is 3. The molecule has 0 unspecified atom stereocenters. The summed E-state index contributed by atoms with van der Waals surface area (Å²) in [5, 5.41) is 20.0. The molecule has 0 radical (unpaired) electrons. The molecule has 0 aliphatic rings. The quantitative estimate of drug-likeness (QED) is 0.418. The van der Waals surface area contributed by atoms with Crippen LogP contribution in [0, 0.1) is 0 Å². The maximum atomic E-state index is 12.2. The summed E-state index contributed by atoms with van der Waals surface area (Å²) in [5.74, 6) is -1.22. The van der Waals surface area contributed by atoms with Crippen LogP contribution in [0.3, 0.4) is 0 Å². The summed E-state index contributed by atoms with van der Waals surface area (Å²) >= 11 is 5.86. The number of nitrogens with zero attached hydrogens (tertiary/aromatic N) is 2. The minimum absolute atomic E-state index is 0.234. The van der Waals surface area contributed by atoms with Gasteiger partial charge in [0.15, 0.2) is 6.61 Å². The van der Waals surface area contributed by atoms with Crippen LogP contribution < -0.4 is 10.2 Å². The molecule has 2 aromatic carbocycles. The molecule has 0 saturated heterocycles. The van der Waals surface area contributed by atoms with E-state index in [0.29, 0.717) is 22.0 Å². The van der Waals surface area contributed by atoms with E-state index in [2.05, 4.69) is 20.7 Å². The number of rotatable bonds is 7. The van der Waals surface area contributed by atoms with Crippen molar-refractivity contribution in [2.45, 2.75) is 0 Å². The van der Waals surface area contributed by atoms with Crippen molar-refractivity contribution in [1.29, 1.82) is 0 Å². The Morgan fingerprint density at radius 2 is 1.96 bits per heavy atom. The predicted octanol–water partition coefficient (Wildman–Crippen LogP) is 2.96. The standard InChI is InChI=1S/C19H15ClN4O4/c20-14-7-5-12(6-8-14)15-9-16(23-22-15)19(27)24-21-10-13-3-1-2-4-17(13)28-11-18(25)26/h1-10H,11H2,(H,22,23)(H,24,27)(H,25,26)/b21-10-. The molecular weight excluding hydrogens is 384 g/mol. The highest BCUT2D eigenvalue weighted by Crippen LogP contribution is 2.20. The molecule has 0 aliphatic carbocycles. The lowest BCUT2D eigenvalue weighted by molar-refractivity contribution is -0.139. The van der Waals surface area contributed by atoms with Gasteiger partial charge in [-0.25, -0.2) is 10.2 Å². The van der Waals surface area contributed by atoms with Crippen molar-refractivity contribution in [3.8, 4) is 17.0 Å². The number of ether oxygens (including phenoxy) is 1. The SMILES string of the molecule is O=C(O)COc1ccccc1/C=N\NC(=O)c1cc(-c2ccc(Cl)cc2)n[nH]1. The van der Waals surface area contributed by atoms with Crippen LogP contribution in [0.4, 0.5) is 0 Å². The fourth-order valence-electron chi connectivity index (χ4n) is 2.29. The van der Waals surface area contributed by atoms with Crippen molar-refractivity contribution in [2.24, 2.45) is 5.10 Å². The Balaban J connectivity index is 1.65. The van der Waals surface area contributed by atoms with Crippen molar-refractivity contribution in [3.63, 3.8) is 0 Å². The highest BCUT2D eigenvalue weighted by atomic mass is 35.5. The lowest BCUT2D eigenvalue weighted by Gasteiger charge is -2.06. The molecule has 0 saturated carbocycles. The number of halogens is 1. The summed E-state index contributed by atoms with van der Waals surface area (Å²) in [7, 11) is 0. The molecule has 0 aliphatic heterocycles. The van der Waals surface area contributed by atoms with Gasteiger partial charge in [-0.3, -0.25) is 9.89 Å². The van der Waals surface area contributed by atoms with Crippen molar-refractivity contribution >= 4 is 29.7 Å². The second kappa shape index (κ2) is 8.83. The van der Waals surface area contributed by atoms with Crippen LogP contribution in [0.2, 0.25) is 5.02 Å². The van der Waals surface area contributed by atoms with Gasteiger partial charge >= 0.3 is 5.97 Å². The molecule has 3 rings (SSSR count). The summed E-state index contributed by atoms with van der Waals surface area (Å²) in [6, 6.07) is 15.4. The van der Waals surface area contributed by atoms with Crippen LogP contribution in [0.15, 0.2) is 59.7 Å². The number of aromatic amines is 1. The topological polar surface area (TPSA) is 117 Å². The van der Waals surface area contributed by atoms with Crippen molar-refractivity contribution in [2.75, 3.05) is 6.61 Å². The zero-order chi connectivity index (χ0) is 19.9. The first-order valence-corrected chi connectivity index (χ1v) is 8.49. The fourth-order valence-corrected chi connectivity index (χ4v) is 2.41. The smallest absolute Gasteiger partial charge is 0.341 e. The number of para-hydroxylation sites is 1. The summed E-state index contributed by atoms with van der Waals surface area (Å²) in [4.78, 5) is 22.8. The number of hydrogen-bond acceptors (Lipinski definition) is 5. The largest absolute Gasteiger partial charge is 0.481 e. The number of carboxylic acid groups (broad SMARTS) is 1. The molecule has 1 amide bonds. The summed E-state index contributed by atoms with van der Waals surface area (Å²) < 4.78 is 5.17. The Kier molecular flexibility index (Phi) is 6.03. The average Bonchev–Trinajstić information content (AvgIpc) is 3.18. The third-order valence-corrected chi connectivity index (χ3v) is 3.85. The van der Waals surface area contributed by atoms with E-state index in [4.69, 9.17) is 21.4 Å². The number of hydrazone groups is 1. The number of aliphatic carboxylic acids is 1. The van der Waals surface area contributed by atoms with Crippen molar-refractivity contribution < 1.29 is 19.4 Å². The molecule has 142 valence electrons. The Morgan fingerprint density at radius 1 is 1.21 bits per heavy atom. The molecule has 9 heteroatoms. The fraction of sp³-hybridized carbons (Fsp3) is 0.0526. The monoisotopic (exact) mass is 398 g/mol. The van der Waals surface area contributed by atoms with Crippen LogP contribution in [0.25, 0.3) is 11.3 Å². The zero-order valence-corrected chi connectivity index (χ0v) is 15.2. The van der Waals surface area contributed by atoms with Gasteiger partial charge in [0.05, 0.1) is 11.9 Å². The van der Waals surface area contributed by atoms with Crippen molar-refractivity contribution in [1.82, 2.24) is 15.6 Å². The number of nitrogens with one attached hydrogen (secondary N) is 2. The molecule has 0 atom stereocenters. The first-order valence-electron chi connectivity index (χ1n) is 8.11. The molecule has 1 aromatic heterocycles. The number of amides is 1. The maximum Gasteiger partial charge on any atom is 0.341 e. The molecule has 0 fully saturated rings. The minimum atomic E-state index is -1.09. The maximum absolute atomic E-state index is 12.2. The van der Waals surface area contributed by atoms with E-state index in [9.17, 15) is 9.59 Å². The normalized spacial score (nSPS) is 10.8. The van der Waals surface area contributed by atoms with E-state index in [1.807, 2.05) is 0 Å². The minimum Gasteiger partial charge on any atom is -0.481 e. The predicted molar refractivity (Wildman–Crippen MR) is 104 cm³/mol. The van der Waals surface area contributed by atoms with E-state index >= 15 is 0 Å². The summed E-state index contributed by atoms with van der Waals surface area (Å²) in [5.41, 5.74) is 4.55. The molecular formula is C19H15ClN4O4. The second-order valence-corrected chi connectivity index (χ2v) is 6.03. The van der Waals surface area contributed by atoms with Gasteiger partial charge in [0, 0.05) is 16.1 Å². The molecule has 3 N–H and O–H groups in total. The number of carbonyl (C=O) groups excluding carboxylic acids is 1. The Morgan fingerprint density at radius 3 is 2.71 bits per heavy atom. The highest BCUT2D eigenvalue weighted by molar-refractivity contribution is 6.30. The Hall–Kier alpha value is -3.65. The number of H-pyrrole nitrogens is 1. The molecule has 0 spiro atoms. The third-order valence-electron chi connectivity index (χ3n) is 3.60. The second-order valence-electron chi connectivity index (χ2n) is 5.59. The van der Waals surface area contributed by atoms with Crippen LogP contribution in [0.1, 0.15) is 16.1 Å². The average molecular weight is 399 g/mol. The lowest BCUT2D eigenvalue weighted by atomic mass is 10.1. The van der Waals surface area contributed by atoms with Crippen LogP contribution in [-0.4, -0.2) is 40.0 Å². The third kappa shape index (κ3) is 4.95. The first kappa shape index (κ1) is 19.1. The van der Waals surface area contributed by atoms with E-state index in [1.165, 1.54) is 6.21 Å². The summed E-state index contributed by atoms with van der Waals surface area (Å²) in [6.07, 6.45) is 1.37. The van der Waals surface area contributed by atoms with Crippen molar-refractivity contribution in [3.05, 3.63) is 70.9 Å². The van der Waals surface area contributed by atoms with Gasteiger partial charge in [0.25, 0.3) is 5.91 Å². The first-order chi connectivity index (χ1) is 13.5. The summed E-state index contributed by atoms with van der Waals surface area (Å²) in [6.45, 7) is -0.473. The number of benzene rings is 2. The number of carboxylic acids is 1. The van der Waals surface area contributed by atoms with Gasteiger partial charge in [-0.1, -0.05) is 35.9 Å². The van der Waals surface area contributed by atoms with E-state index in [1.54, 1.807) is 54.6 Å². The molecule has 0 bridgehead atoms. The van der Waals surface area contributed by atoms with E-state index in [0.717, 1.165) is 5.56 Å². The van der Waals surface area contributed by atoms with Crippen LogP contribution >= 0.6 is 11.6 Å². The van der Waals surface area contributed by atoms with Gasteiger partial charge in [-0.15, -0.1) is 0 Å². The molecule has 1 heterocycles. The molecule has 3 aromatic rings. The van der Waals surface area contributed by atoms with Gasteiger partial charge in [-0.2, -0.15) is 10.2 Å². The molecule has 28 heavy (non-hydrogen) atoms. The van der Waals surface area contributed by atoms with Crippen LogP contribution in [0.5, 0.6) is 5.75 Å². The number of aromatic nitrogens is 2. The lowest BCUT2D eigenvalue weighted by Crippen LogP contribution is -2.18. The Labute approximate surface area is 164 Å². The van der Waals surface area contributed by atoms with Gasteiger partial charge < -0.3 is 9.84 Å². The van der Waals surface area contributed by atoms with Gasteiger partial charge in [0.2, 0.25) is 0 Å². The van der Waals surface area contributed by atoms with Crippen LogP contribution in [-0.2, 0) is 4.79 Å². The van der Waals surface area contributed by atoms with Gasteiger partial charge in [0.1, 0.15) is 11.4 Å². The highest BCUT2D eigenvalue weighted by Gasteiger charge is 2.10. The zero-order valence-electron chi connectivity index (χ0n) is 14.4. The van der Waals surface area contributed by atoms with E-state index < -0.39 is 18.5 Å². The van der Waals surface area contributed by atoms with E-state index in [-0.39, 0.29) is 5.69 Å².